The Labute approximate surface area is 126 Å². The second-order valence-corrected chi connectivity index (χ2v) is 7.10. The van der Waals surface area contributed by atoms with Crippen LogP contribution in [-0.2, 0) is 0 Å². The van der Waals surface area contributed by atoms with Gasteiger partial charge in [0.2, 0.25) is 0 Å². The van der Waals surface area contributed by atoms with Gasteiger partial charge in [-0.15, -0.1) is 5.10 Å². The van der Waals surface area contributed by atoms with E-state index < -0.39 is 0 Å². The predicted octanol–water partition coefficient (Wildman–Crippen LogP) is 3.22. The molecule has 1 aromatic heterocycles. The van der Waals surface area contributed by atoms with E-state index in [1.165, 1.54) is 32.1 Å². The Morgan fingerprint density at radius 1 is 1.24 bits per heavy atom. The maximum absolute atomic E-state index is 12.7. The first-order valence-corrected chi connectivity index (χ1v) is 8.15. The number of amides is 1. The number of likely N-dealkylation sites (tertiary alicyclic amines) is 1. The molecule has 1 spiro atoms. The van der Waals surface area contributed by atoms with Crippen molar-refractivity contribution in [3.05, 3.63) is 23.5 Å². The van der Waals surface area contributed by atoms with E-state index in [1.807, 2.05) is 17.9 Å². The minimum Gasteiger partial charge on any atom is -0.333 e. The summed E-state index contributed by atoms with van der Waals surface area (Å²) in [5.74, 6) is 0.552. The van der Waals surface area contributed by atoms with Gasteiger partial charge < -0.3 is 4.90 Å². The average Bonchev–Trinajstić information content (AvgIpc) is 2.45. The van der Waals surface area contributed by atoms with Crippen LogP contribution in [0.2, 0.25) is 0 Å². The molecule has 1 saturated heterocycles. The molecule has 4 heteroatoms. The molecule has 1 amide bonds. The minimum absolute atomic E-state index is 0.0531. The van der Waals surface area contributed by atoms with E-state index in [1.54, 1.807) is 6.07 Å². The third-order valence-electron chi connectivity index (χ3n) is 5.21. The zero-order chi connectivity index (χ0) is 15.0. The summed E-state index contributed by atoms with van der Waals surface area (Å²) in [5, 5.41) is 8.08. The van der Waals surface area contributed by atoms with Gasteiger partial charge in [-0.2, -0.15) is 5.10 Å². The van der Waals surface area contributed by atoms with Crippen LogP contribution in [0.1, 0.15) is 62.1 Å². The van der Waals surface area contributed by atoms with Crippen molar-refractivity contribution in [1.82, 2.24) is 15.1 Å². The Hall–Kier alpha value is -1.45. The van der Waals surface area contributed by atoms with Crippen LogP contribution >= 0.6 is 0 Å². The number of carbonyl (C=O) groups excluding carboxylic acids is 1. The standard InChI is InChI=1S/C17H25N3O/c1-12(2)15-17(9-5-4-6-10-17)11-20(15)16(21)14-8-7-13(3)18-19-14/h7-8,12,15H,4-6,9-11H2,1-3H3. The molecule has 1 aliphatic heterocycles. The fourth-order valence-electron chi connectivity index (χ4n) is 4.38. The summed E-state index contributed by atoms with van der Waals surface area (Å²) >= 11 is 0. The smallest absolute Gasteiger partial charge is 0.274 e. The second-order valence-electron chi connectivity index (χ2n) is 7.10. The fourth-order valence-corrected chi connectivity index (χ4v) is 4.38. The first kappa shape index (κ1) is 14.5. The highest BCUT2D eigenvalue weighted by Crippen LogP contribution is 2.51. The minimum atomic E-state index is 0.0531. The lowest BCUT2D eigenvalue weighted by atomic mass is 9.59. The lowest BCUT2D eigenvalue weighted by molar-refractivity contribution is -0.0945. The molecule has 0 aromatic carbocycles. The van der Waals surface area contributed by atoms with Gasteiger partial charge in [-0.05, 0) is 37.8 Å². The van der Waals surface area contributed by atoms with Gasteiger partial charge >= 0.3 is 0 Å². The highest BCUT2D eigenvalue weighted by molar-refractivity contribution is 5.93. The maximum atomic E-state index is 12.7. The number of aryl methyl sites for hydroxylation is 1. The van der Waals surface area contributed by atoms with E-state index in [4.69, 9.17) is 0 Å². The van der Waals surface area contributed by atoms with Crippen molar-refractivity contribution in [2.75, 3.05) is 6.54 Å². The van der Waals surface area contributed by atoms with Crippen molar-refractivity contribution in [3.8, 4) is 0 Å². The van der Waals surface area contributed by atoms with Crippen LogP contribution in [0.3, 0.4) is 0 Å². The molecule has 21 heavy (non-hydrogen) atoms. The van der Waals surface area contributed by atoms with Gasteiger partial charge in [0.1, 0.15) is 0 Å². The molecule has 2 heterocycles. The zero-order valence-electron chi connectivity index (χ0n) is 13.3. The van der Waals surface area contributed by atoms with E-state index in [9.17, 15) is 4.79 Å². The van der Waals surface area contributed by atoms with Crippen LogP contribution in [0.5, 0.6) is 0 Å². The number of hydrogen-bond acceptors (Lipinski definition) is 3. The molecule has 0 bridgehead atoms. The molecule has 1 aromatic rings. The highest BCUT2D eigenvalue weighted by atomic mass is 16.2. The first-order valence-electron chi connectivity index (χ1n) is 8.15. The van der Waals surface area contributed by atoms with Crippen molar-refractivity contribution in [2.24, 2.45) is 11.3 Å². The summed E-state index contributed by atoms with van der Waals surface area (Å²) in [6, 6.07) is 4.03. The molecule has 1 saturated carbocycles. The van der Waals surface area contributed by atoms with Gasteiger partial charge in [0.05, 0.1) is 5.69 Å². The van der Waals surface area contributed by atoms with Crippen LogP contribution in [-0.4, -0.2) is 33.6 Å². The Morgan fingerprint density at radius 3 is 2.52 bits per heavy atom. The van der Waals surface area contributed by atoms with Gasteiger partial charge in [-0.1, -0.05) is 33.1 Å². The van der Waals surface area contributed by atoms with Gasteiger partial charge in [0.15, 0.2) is 5.69 Å². The first-order chi connectivity index (χ1) is 10.0. The number of hydrogen-bond donors (Lipinski definition) is 0. The van der Waals surface area contributed by atoms with Crippen LogP contribution in [0, 0.1) is 18.3 Å². The fraction of sp³-hybridized carbons (Fsp3) is 0.706. The second kappa shape index (κ2) is 5.39. The number of nitrogens with zero attached hydrogens (tertiary/aromatic N) is 3. The molecule has 1 aliphatic carbocycles. The number of rotatable bonds is 2. The molecular weight excluding hydrogens is 262 g/mol. The Kier molecular flexibility index (Phi) is 3.72. The number of aromatic nitrogens is 2. The summed E-state index contributed by atoms with van der Waals surface area (Å²) in [4.78, 5) is 14.7. The van der Waals surface area contributed by atoms with Crippen LogP contribution in [0.25, 0.3) is 0 Å². The zero-order valence-corrected chi connectivity index (χ0v) is 13.3. The van der Waals surface area contributed by atoms with Crippen molar-refractivity contribution < 1.29 is 4.79 Å². The molecule has 2 aliphatic rings. The summed E-state index contributed by atoms with van der Waals surface area (Å²) < 4.78 is 0. The average molecular weight is 287 g/mol. The number of carbonyl (C=O) groups is 1. The van der Waals surface area contributed by atoms with Crippen molar-refractivity contribution in [2.45, 2.75) is 58.9 Å². The topological polar surface area (TPSA) is 46.1 Å². The predicted molar refractivity (Wildman–Crippen MR) is 81.9 cm³/mol. The van der Waals surface area contributed by atoms with Crippen LogP contribution in [0.15, 0.2) is 12.1 Å². The molecule has 0 N–H and O–H groups in total. The van der Waals surface area contributed by atoms with Gasteiger partial charge in [0.25, 0.3) is 5.91 Å². The highest BCUT2D eigenvalue weighted by Gasteiger charge is 2.55. The van der Waals surface area contributed by atoms with Gasteiger partial charge in [-0.3, -0.25) is 4.79 Å². The quantitative estimate of drug-likeness (QED) is 0.839. The lowest BCUT2D eigenvalue weighted by Crippen LogP contribution is -2.68. The molecule has 2 fully saturated rings. The largest absolute Gasteiger partial charge is 0.333 e. The summed E-state index contributed by atoms with van der Waals surface area (Å²) in [6.07, 6.45) is 6.54. The molecule has 4 nitrogen and oxygen atoms in total. The normalized spacial score (nSPS) is 24.2. The Morgan fingerprint density at radius 2 is 1.95 bits per heavy atom. The summed E-state index contributed by atoms with van der Waals surface area (Å²) in [5.41, 5.74) is 1.71. The molecule has 1 unspecified atom stereocenters. The lowest BCUT2D eigenvalue weighted by Gasteiger charge is -2.61. The molecule has 1 atom stereocenters. The van der Waals surface area contributed by atoms with Crippen LogP contribution < -0.4 is 0 Å². The third-order valence-corrected chi connectivity index (χ3v) is 5.21. The molecule has 3 rings (SSSR count). The van der Waals surface area contributed by atoms with Gasteiger partial charge in [0, 0.05) is 18.0 Å². The van der Waals surface area contributed by atoms with E-state index >= 15 is 0 Å². The van der Waals surface area contributed by atoms with Crippen LogP contribution in [0.4, 0.5) is 0 Å². The maximum Gasteiger partial charge on any atom is 0.274 e. The molecule has 0 radical (unpaired) electrons. The summed E-state index contributed by atoms with van der Waals surface area (Å²) in [7, 11) is 0. The van der Waals surface area contributed by atoms with Gasteiger partial charge in [-0.25, -0.2) is 0 Å². The molecule has 114 valence electrons. The molecular formula is C17H25N3O. The monoisotopic (exact) mass is 287 g/mol. The van der Waals surface area contributed by atoms with E-state index in [0.29, 0.717) is 23.1 Å². The van der Waals surface area contributed by atoms with Crippen molar-refractivity contribution >= 4 is 5.91 Å². The van der Waals surface area contributed by atoms with E-state index in [2.05, 4.69) is 24.0 Å². The van der Waals surface area contributed by atoms with Crippen molar-refractivity contribution in [1.29, 1.82) is 0 Å². The van der Waals surface area contributed by atoms with Crippen molar-refractivity contribution in [3.63, 3.8) is 0 Å². The van der Waals surface area contributed by atoms with E-state index in [0.717, 1.165) is 12.2 Å². The SMILES string of the molecule is Cc1ccc(C(=O)N2CC3(CCCCC3)C2C(C)C)nn1. The summed E-state index contributed by atoms with van der Waals surface area (Å²) in [6.45, 7) is 7.27. The van der Waals surface area contributed by atoms with E-state index in [-0.39, 0.29) is 5.91 Å². The third kappa shape index (κ3) is 2.45. The Balaban J connectivity index is 1.79. The Bertz CT molecular complexity index is 517.